The molecule has 0 fully saturated rings. The maximum Gasteiger partial charge on any atom is 0.227 e. The van der Waals surface area contributed by atoms with Crippen LogP contribution in [0.25, 0.3) is 0 Å². The number of rotatable bonds is 7. The maximum atomic E-state index is 12.2. The van der Waals surface area contributed by atoms with Gasteiger partial charge in [-0.2, -0.15) is 0 Å². The monoisotopic (exact) mass is 247 g/mol. The Morgan fingerprint density at radius 2 is 1.72 bits per heavy atom. The van der Waals surface area contributed by atoms with Gasteiger partial charge >= 0.3 is 0 Å². The van der Waals surface area contributed by atoms with Crippen LogP contribution in [0.4, 0.5) is 5.69 Å². The highest BCUT2D eigenvalue weighted by Gasteiger charge is 2.17. The van der Waals surface area contributed by atoms with Crippen LogP contribution in [0.3, 0.4) is 0 Å². The fraction of sp³-hybridized carbons (Fsp3) is 0.562. The summed E-state index contributed by atoms with van der Waals surface area (Å²) < 4.78 is 0. The van der Waals surface area contributed by atoms with E-state index in [0.29, 0.717) is 0 Å². The van der Waals surface area contributed by atoms with Crippen molar-refractivity contribution in [2.45, 2.75) is 52.9 Å². The Labute approximate surface area is 111 Å². The molecule has 0 bridgehead atoms. The molecule has 0 unspecified atom stereocenters. The van der Waals surface area contributed by atoms with Crippen molar-refractivity contribution in [1.29, 1.82) is 0 Å². The average molecular weight is 247 g/mol. The highest BCUT2D eigenvalue weighted by Crippen LogP contribution is 2.20. The minimum absolute atomic E-state index is 0.157. The summed E-state index contributed by atoms with van der Waals surface area (Å²) in [7, 11) is 0. The van der Waals surface area contributed by atoms with Crippen molar-refractivity contribution in [3.63, 3.8) is 0 Å². The van der Waals surface area contributed by atoms with Crippen LogP contribution in [0.5, 0.6) is 0 Å². The van der Waals surface area contributed by atoms with Gasteiger partial charge < -0.3 is 5.32 Å². The molecule has 0 radical (unpaired) electrons. The minimum Gasteiger partial charge on any atom is -0.326 e. The highest BCUT2D eigenvalue weighted by molar-refractivity contribution is 5.93. The van der Waals surface area contributed by atoms with Crippen LogP contribution in [0.2, 0.25) is 0 Å². The predicted octanol–water partition coefficient (Wildman–Crippen LogP) is 4.40. The number of para-hydroxylation sites is 1. The van der Waals surface area contributed by atoms with E-state index in [1.807, 2.05) is 18.2 Å². The SMILES string of the molecule is CCCC(CCC)C(=O)Nc1ccccc1CC. The van der Waals surface area contributed by atoms with E-state index in [9.17, 15) is 4.79 Å². The molecule has 0 heterocycles. The van der Waals surface area contributed by atoms with Gasteiger partial charge in [0.2, 0.25) is 5.91 Å². The van der Waals surface area contributed by atoms with E-state index in [2.05, 4.69) is 32.2 Å². The summed E-state index contributed by atoms with van der Waals surface area (Å²) in [6, 6.07) is 8.06. The van der Waals surface area contributed by atoms with E-state index in [4.69, 9.17) is 0 Å². The Hall–Kier alpha value is -1.31. The maximum absolute atomic E-state index is 12.2. The van der Waals surface area contributed by atoms with E-state index in [0.717, 1.165) is 37.8 Å². The van der Waals surface area contributed by atoms with E-state index in [1.165, 1.54) is 5.56 Å². The van der Waals surface area contributed by atoms with Gasteiger partial charge in [0.25, 0.3) is 0 Å². The van der Waals surface area contributed by atoms with Gasteiger partial charge in [-0.15, -0.1) is 0 Å². The lowest BCUT2D eigenvalue weighted by Gasteiger charge is -2.16. The van der Waals surface area contributed by atoms with Crippen LogP contribution in [0.1, 0.15) is 52.0 Å². The van der Waals surface area contributed by atoms with Crippen LogP contribution < -0.4 is 5.32 Å². The molecule has 0 saturated heterocycles. The summed E-state index contributed by atoms with van der Waals surface area (Å²) in [4.78, 5) is 12.2. The van der Waals surface area contributed by atoms with E-state index in [-0.39, 0.29) is 11.8 Å². The number of hydrogen-bond donors (Lipinski definition) is 1. The number of carbonyl (C=O) groups is 1. The number of amides is 1. The molecule has 0 spiro atoms. The molecule has 0 aromatic heterocycles. The topological polar surface area (TPSA) is 29.1 Å². The van der Waals surface area contributed by atoms with Crippen molar-refractivity contribution in [3.05, 3.63) is 29.8 Å². The fourth-order valence-corrected chi connectivity index (χ4v) is 2.29. The molecule has 1 aromatic rings. The molecule has 0 aliphatic rings. The number of anilines is 1. The van der Waals surface area contributed by atoms with Crippen molar-refractivity contribution in [1.82, 2.24) is 0 Å². The zero-order valence-electron chi connectivity index (χ0n) is 11.8. The third-order valence-corrected chi connectivity index (χ3v) is 3.30. The van der Waals surface area contributed by atoms with Crippen LogP contribution in [0.15, 0.2) is 24.3 Å². The summed E-state index contributed by atoms with van der Waals surface area (Å²) in [6.45, 7) is 6.38. The molecule has 0 aliphatic heterocycles. The van der Waals surface area contributed by atoms with E-state index >= 15 is 0 Å². The van der Waals surface area contributed by atoms with Gasteiger partial charge in [-0.25, -0.2) is 0 Å². The number of benzene rings is 1. The second-order valence-corrected chi connectivity index (χ2v) is 4.77. The zero-order valence-corrected chi connectivity index (χ0v) is 11.8. The summed E-state index contributed by atoms with van der Waals surface area (Å²) in [5.41, 5.74) is 2.18. The van der Waals surface area contributed by atoms with Gasteiger partial charge in [-0.1, -0.05) is 51.8 Å². The predicted molar refractivity (Wildman–Crippen MR) is 77.8 cm³/mol. The Balaban J connectivity index is 2.72. The number of hydrogen-bond acceptors (Lipinski definition) is 1. The van der Waals surface area contributed by atoms with E-state index < -0.39 is 0 Å². The third-order valence-electron chi connectivity index (χ3n) is 3.30. The van der Waals surface area contributed by atoms with Gasteiger partial charge in [0.15, 0.2) is 0 Å². The van der Waals surface area contributed by atoms with Crippen molar-refractivity contribution in [2.75, 3.05) is 5.32 Å². The minimum atomic E-state index is 0.157. The molecular weight excluding hydrogens is 222 g/mol. The second-order valence-electron chi connectivity index (χ2n) is 4.77. The first-order chi connectivity index (χ1) is 8.72. The van der Waals surface area contributed by atoms with E-state index in [1.54, 1.807) is 0 Å². The number of carbonyl (C=O) groups excluding carboxylic acids is 1. The molecule has 1 N–H and O–H groups in total. The lowest BCUT2D eigenvalue weighted by Crippen LogP contribution is -2.23. The van der Waals surface area contributed by atoms with Crippen molar-refractivity contribution in [3.8, 4) is 0 Å². The molecule has 0 atom stereocenters. The summed E-state index contributed by atoms with van der Waals surface area (Å²) >= 11 is 0. The number of aryl methyl sites for hydroxylation is 1. The molecule has 2 nitrogen and oxygen atoms in total. The quantitative estimate of drug-likeness (QED) is 0.760. The van der Waals surface area contributed by atoms with Gasteiger partial charge in [0.1, 0.15) is 0 Å². The molecule has 18 heavy (non-hydrogen) atoms. The second kappa shape index (κ2) is 7.91. The molecule has 1 amide bonds. The molecule has 100 valence electrons. The highest BCUT2D eigenvalue weighted by atomic mass is 16.1. The lowest BCUT2D eigenvalue weighted by molar-refractivity contribution is -0.120. The van der Waals surface area contributed by atoms with Crippen molar-refractivity contribution >= 4 is 11.6 Å². The van der Waals surface area contributed by atoms with Gasteiger partial charge in [0, 0.05) is 11.6 Å². The van der Waals surface area contributed by atoms with Crippen LogP contribution >= 0.6 is 0 Å². The first-order valence-electron chi connectivity index (χ1n) is 7.11. The lowest BCUT2D eigenvalue weighted by atomic mass is 9.97. The van der Waals surface area contributed by atoms with Crippen molar-refractivity contribution in [2.24, 2.45) is 5.92 Å². The largest absolute Gasteiger partial charge is 0.326 e. The fourth-order valence-electron chi connectivity index (χ4n) is 2.29. The van der Waals surface area contributed by atoms with Gasteiger partial charge in [-0.05, 0) is 30.9 Å². The molecule has 1 rings (SSSR count). The Morgan fingerprint density at radius 3 is 2.28 bits per heavy atom. The first kappa shape index (κ1) is 14.7. The van der Waals surface area contributed by atoms with Gasteiger partial charge in [-0.3, -0.25) is 4.79 Å². The van der Waals surface area contributed by atoms with Crippen molar-refractivity contribution < 1.29 is 4.79 Å². The van der Waals surface area contributed by atoms with Crippen LogP contribution in [0, 0.1) is 5.92 Å². The van der Waals surface area contributed by atoms with Crippen LogP contribution in [-0.4, -0.2) is 5.91 Å². The van der Waals surface area contributed by atoms with Gasteiger partial charge in [0.05, 0.1) is 0 Å². The molecule has 0 aliphatic carbocycles. The number of nitrogens with one attached hydrogen (secondary N) is 1. The van der Waals surface area contributed by atoms with Crippen LogP contribution in [-0.2, 0) is 11.2 Å². The standard InChI is InChI=1S/C16H25NO/c1-4-9-14(10-5-2)16(18)17-15-12-8-7-11-13(15)6-3/h7-8,11-12,14H,4-6,9-10H2,1-3H3,(H,17,18). The summed E-state index contributed by atoms with van der Waals surface area (Å²) in [5, 5.41) is 3.09. The Bertz CT molecular complexity index is 367. The normalized spacial score (nSPS) is 10.7. The Kier molecular flexibility index (Phi) is 6.48. The zero-order chi connectivity index (χ0) is 13.4. The Morgan fingerprint density at radius 1 is 1.11 bits per heavy atom. The summed E-state index contributed by atoms with van der Waals surface area (Å²) in [5.74, 6) is 0.338. The molecule has 0 saturated carbocycles. The first-order valence-corrected chi connectivity index (χ1v) is 7.11. The molecule has 1 aromatic carbocycles. The average Bonchev–Trinajstić information content (AvgIpc) is 2.39. The smallest absolute Gasteiger partial charge is 0.227 e. The summed E-state index contributed by atoms with van der Waals surface area (Å²) in [6.07, 6.45) is 5.03. The molecular formula is C16H25NO. The third kappa shape index (κ3) is 4.17. The molecule has 2 heteroatoms.